The monoisotopic (exact) mass is 387 g/mol. The van der Waals surface area contributed by atoms with Gasteiger partial charge in [-0.15, -0.1) is 0 Å². The highest BCUT2D eigenvalue weighted by molar-refractivity contribution is 7.90. The van der Waals surface area contributed by atoms with Gasteiger partial charge in [0.1, 0.15) is 5.78 Å². The normalized spacial score (nSPS) is 17.0. The molecule has 1 N–H and O–H groups in total. The summed E-state index contributed by atoms with van der Waals surface area (Å²) in [4.78, 5) is 26.9. The number of pyridine rings is 1. The smallest absolute Gasteiger partial charge is 0.251 e. The average molecular weight is 388 g/mol. The number of aromatic nitrogens is 1. The van der Waals surface area contributed by atoms with E-state index in [0.29, 0.717) is 30.1 Å². The Morgan fingerprint density at radius 3 is 2.22 bits per heavy atom. The van der Waals surface area contributed by atoms with E-state index in [4.69, 9.17) is 0 Å². The van der Waals surface area contributed by atoms with Crippen molar-refractivity contribution in [2.45, 2.75) is 49.8 Å². The maximum Gasteiger partial charge on any atom is 0.251 e. The van der Waals surface area contributed by atoms with E-state index in [9.17, 15) is 18.0 Å². The molecule has 27 heavy (non-hydrogen) atoms. The van der Waals surface area contributed by atoms with E-state index in [-0.39, 0.29) is 16.4 Å². The molecular formula is C21H25NO4S. The second kappa shape index (κ2) is 7.80. The van der Waals surface area contributed by atoms with Crippen LogP contribution >= 0.6 is 0 Å². The third-order valence-electron chi connectivity index (χ3n) is 5.45. The predicted molar refractivity (Wildman–Crippen MR) is 105 cm³/mol. The second-order valence-corrected chi connectivity index (χ2v) is 9.55. The summed E-state index contributed by atoms with van der Waals surface area (Å²) in [7, 11) is -3.25. The van der Waals surface area contributed by atoms with Gasteiger partial charge in [-0.05, 0) is 55.9 Å². The molecule has 0 amide bonds. The number of carbonyl (C=O) groups is 1. The lowest BCUT2D eigenvalue weighted by atomic mass is 9.79. The van der Waals surface area contributed by atoms with Crippen molar-refractivity contribution in [1.82, 2.24) is 4.98 Å². The standard InChI is InChI=1S/C21H25NO4S/c1-14-3-12-20(22-21(14)24)19(13-15-4-8-17(23)9-5-15)16-6-10-18(11-7-16)27(2,25)26/h3,6-7,10-12,15,19H,4-5,8-9,13H2,1-2H3,(H,22,24). The first-order valence-electron chi connectivity index (χ1n) is 9.25. The Morgan fingerprint density at radius 2 is 1.67 bits per heavy atom. The minimum atomic E-state index is -3.25. The molecule has 3 rings (SSSR count). The number of sulfone groups is 1. The molecule has 1 aromatic heterocycles. The molecule has 2 aromatic rings. The molecule has 1 unspecified atom stereocenters. The Kier molecular flexibility index (Phi) is 5.65. The summed E-state index contributed by atoms with van der Waals surface area (Å²) in [6.07, 6.45) is 4.99. The molecule has 1 saturated carbocycles. The molecule has 0 bridgehead atoms. The van der Waals surface area contributed by atoms with Crippen LogP contribution in [0.15, 0.2) is 46.1 Å². The van der Waals surface area contributed by atoms with Gasteiger partial charge in [-0.2, -0.15) is 0 Å². The SMILES string of the molecule is Cc1ccc(C(CC2CCC(=O)CC2)c2ccc(S(C)(=O)=O)cc2)[nH]c1=O. The van der Waals surface area contributed by atoms with Crippen LogP contribution in [-0.2, 0) is 14.6 Å². The Morgan fingerprint density at radius 1 is 1.04 bits per heavy atom. The quantitative estimate of drug-likeness (QED) is 0.852. The second-order valence-electron chi connectivity index (χ2n) is 7.54. The van der Waals surface area contributed by atoms with Gasteiger partial charge in [0.05, 0.1) is 4.90 Å². The Hall–Kier alpha value is -2.21. The molecule has 1 atom stereocenters. The molecule has 1 heterocycles. The average Bonchev–Trinajstić information content (AvgIpc) is 2.63. The van der Waals surface area contributed by atoms with Crippen molar-refractivity contribution in [1.29, 1.82) is 0 Å². The molecule has 1 aliphatic rings. The van der Waals surface area contributed by atoms with Crippen LogP contribution in [-0.4, -0.2) is 25.4 Å². The van der Waals surface area contributed by atoms with Gasteiger partial charge in [0.15, 0.2) is 9.84 Å². The van der Waals surface area contributed by atoms with Crippen LogP contribution in [0.4, 0.5) is 0 Å². The van der Waals surface area contributed by atoms with Crippen LogP contribution in [0.1, 0.15) is 54.8 Å². The maximum atomic E-state index is 12.1. The minimum absolute atomic E-state index is 0.0369. The van der Waals surface area contributed by atoms with Gasteiger partial charge < -0.3 is 4.98 Å². The number of ketones is 1. The Bertz CT molecular complexity index is 980. The summed E-state index contributed by atoms with van der Waals surface area (Å²) in [6, 6.07) is 10.6. The van der Waals surface area contributed by atoms with Crippen LogP contribution < -0.4 is 5.56 Å². The summed E-state index contributed by atoms with van der Waals surface area (Å²) < 4.78 is 23.5. The van der Waals surface area contributed by atoms with Crippen molar-refractivity contribution in [2.24, 2.45) is 5.92 Å². The lowest BCUT2D eigenvalue weighted by Crippen LogP contribution is -2.20. The van der Waals surface area contributed by atoms with E-state index in [2.05, 4.69) is 4.98 Å². The summed E-state index contributed by atoms with van der Waals surface area (Å²) in [6.45, 7) is 1.77. The number of nitrogens with one attached hydrogen (secondary N) is 1. The van der Waals surface area contributed by atoms with E-state index in [1.165, 1.54) is 6.26 Å². The van der Waals surface area contributed by atoms with Crippen LogP contribution in [0.2, 0.25) is 0 Å². The first kappa shape index (κ1) is 19.5. The largest absolute Gasteiger partial charge is 0.325 e. The molecular weight excluding hydrogens is 362 g/mol. The van der Waals surface area contributed by atoms with Crippen LogP contribution in [0.25, 0.3) is 0 Å². The molecule has 0 radical (unpaired) electrons. The molecule has 6 heteroatoms. The first-order chi connectivity index (χ1) is 12.7. The minimum Gasteiger partial charge on any atom is -0.325 e. The zero-order valence-electron chi connectivity index (χ0n) is 15.7. The van der Waals surface area contributed by atoms with E-state index >= 15 is 0 Å². The summed E-state index contributed by atoms with van der Waals surface area (Å²) in [5, 5.41) is 0. The zero-order valence-corrected chi connectivity index (χ0v) is 16.5. The summed E-state index contributed by atoms with van der Waals surface area (Å²) in [5.74, 6) is 0.696. The lowest BCUT2D eigenvalue weighted by molar-refractivity contribution is -0.121. The maximum absolute atomic E-state index is 12.1. The van der Waals surface area contributed by atoms with Crippen molar-refractivity contribution < 1.29 is 13.2 Å². The third kappa shape index (κ3) is 4.75. The van der Waals surface area contributed by atoms with Gasteiger partial charge in [0.2, 0.25) is 0 Å². The van der Waals surface area contributed by atoms with Crippen molar-refractivity contribution in [3.8, 4) is 0 Å². The molecule has 144 valence electrons. The first-order valence-corrected chi connectivity index (χ1v) is 11.1. The molecule has 0 saturated heterocycles. The van der Waals surface area contributed by atoms with Gasteiger partial charge in [-0.3, -0.25) is 9.59 Å². The van der Waals surface area contributed by atoms with Gasteiger partial charge in [0.25, 0.3) is 5.56 Å². The number of aryl methyl sites for hydroxylation is 1. The number of hydrogen-bond donors (Lipinski definition) is 1. The van der Waals surface area contributed by atoms with Crippen LogP contribution in [0.3, 0.4) is 0 Å². The molecule has 0 spiro atoms. The number of rotatable bonds is 5. The molecule has 1 aromatic carbocycles. The topological polar surface area (TPSA) is 84.1 Å². The number of H-pyrrole nitrogens is 1. The molecule has 1 aliphatic carbocycles. The predicted octanol–water partition coefficient (Wildman–Crippen LogP) is 3.37. The molecule has 0 aliphatic heterocycles. The fourth-order valence-corrected chi connectivity index (χ4v) is 4.35. The van der Waals surface area contributed by atoms with Gasteiger partial charge in [-0.1, -0.05) is 18.2 Å². The highest BCUT2D eigenvalue weighted by Gasteiger charge is 2.25. The van der Waals surface area contributed by atoms with Gasteiger partial charge in [-0.25, -0.2) is 8.42 Å². The number of carbonyl (C=O) groups excluding carboxylic acids is 1. The highest BCUT2D eigenvalue weighted by Crippen LogP contribution is 2.35. The third-order valence-corrected chi connectivity index (χ3v) is 6.58. The van der Waals surface area contributed by atoms with Gasteiger partial charge >= 0.3 is 0 Å². The Balaban J connectivity index is 1.94. The van der Waals surface area contributed by atoms with E-state index in [1.54, 1.807) is 19.1 Å². The van der Waals surface area contributed by atoms with Crippen LogP contribution in [0, 0.1) is 12.8 Å². The number of aromatic amines is 1. The van der Waals surface area contributed by atoms with E-state index < -0.39 is 9.84 Å². The summed E-state index contributed by atoms with van der Waals surface area (Å²) in [5.41, 5.74) is 2.35. The summed E-state index contributed by atoms with van der Waals surface area (Å²) >= 11 is 0. The zero-order chi connectivity index (χ0) is 19.6. The number of Topliss-reactive ketones (excluding diaryl/α,β-unsaturated/α-hetero) is 1. The highest BCUT2D eigenvalue weighted by atomic mass is 32.2. The molecule has 5 nitrogen and oxygen atoms in total. The van der Waals surface area contributed by atoms with Crippen molar-refractivity contribution in [3.63, 3.8) is 0 Å². The number of hydrogen-bond acceptors (Lipinski definition) is 4. The van der Waals surface area contributed by atoms with Crippen molar-refractivity contribution in [2.75, 3.05) is 6.26 Å². The van der Waals surface area contributed by atoms with Crippen molar-refractivity contribution >= 4 is 15.6 Å². The van der Waals surface area contributed by atoms with E-state index in [0.717, 1.165) is 30.5 Å². The number of benzene rings is 1. The van der Waals surface area contributed by atoms with E-state index in [1.807, 2.05) is 24.3 Å². The van der Waals surface area contributed by atoms with Crippen LogP contribution in [0.5, 0.6) is 0 Å². The van der Waals surface area contributed by atoms with Gasteiger partial charge in [0, 0.05) is 36.3 Å². The lowest BCUT2D eigenvalue weighted by Gasteiger charge is -2.26. The molecule has 1 fully saturated rings. The fraction of sp³-hybridized carbons (Fsp3) is 0.429. The van der Waals surface area contributed by atoms with Crippen molar-refractivity contribution in [3.05, 3.63) is 63.6 Å². The fourth-order valence-electron chi connectivity index (χ4n) is 3.72. The Labute approximate surface area is 159 Å².